The van der Waals surface area contributed by atoms with E-state index in [1.54, 1.807) is 12.4 Å². The zero-order valence-electron chi connectivity index (χ0n) is 18.7. The minimum Gasteiger partial charge on any atom is -0.357 e. The summed E-state index contributed by atoms with van der Waals surface area (Å²) < 4.78 is 0. The number of guanidine groups is 1. The van der Waals surface area contributed by atoms with Gasteiger partial charge in [-0.15, -0.1) is 0 Å². The van der Waals surface area contributed by atoms with Crippen molar-refractivity contribution in [2.45, 2.75) is 33.2 Å². The van der Waals surface area contributed by atoms with Crippen molar-refractivity contribution in [1.82, 2.24) is 25.2 Å². The molecule has 0 bridgehead atoms. The van der Waals surface area contributed by atoms with E-state index in [9.17, 15) is 0 Å². The first-order chi connectivity index (χ1) is 15.2. The molecule has 1 N–H and O–H groups in total. The summed E-state index contributed by atoms with van der Waals surface area (Å²) in [4.78, 5) is 25.3. The molecule has 0 saturated carbocycles. The lowest BCUT2D eigenvalue weighted by molar-refractivity contribution is 0.370. The predicted octanol–water partition coefficient (Wildman–Crippen LogP) is 2.40. The van der Waals surface area contributed by atoms with Crippen LogP contribution >= 0.6 is 0 Å². The average molecular weight is 423 g/mol. The first kappa shape index (κ1) is 21.3. The second-order valence-electron chi connectivity index (χ2n) is 8.39. The molecular formula is C23H34N8. The second kappa shape index (κ2) is 10.4. The van der Waals surface area contributed by atoms with Crippen molar-refractivity contribution in [3.05, 3.63) is 42.4 Å². The molecule has 4 heterocycles. The molecule has 0 aromatic carbocycles. The molecule has 2 aliphatic rings. The number of nitrogens with zero attached hydrogens (tertiary/aromatic N) is 7. The number of hydrogen-bond donors (Lipinski definition) is 1. The highest BCUT2D eigenvalue weighted by Gasteiger charge is 2.21. The van der Waals surface area contributed by atoms with Gasteiger partial charge >= 0.3 is 0 Å². The van der Waals surface area contributed by atoms with Gasteiger partial charge in [-0.3, -0.25) is 0 Å². The van der Waals surface area contributed by atoms with Crippen LogP contribution in [0.25, 0.3) is 0 Å². The van der Waals surface area contributed by atoms with E-state index in [0.29, 0.717) is 6.54 Å². The molecule has 0 radical (unpaired) electrons. The SMILES string of the molecule is CCNC(=NCc1ccc(N2CCC(C)CC2)nc1)N1CCN(c2ncccn2)CC1. The molecule has 2 aliphatic heterocycles. The number of piperidine rings is 1. The summed E-state index contributed by atoms with van der Waals surface area (Å²) in [6, 6.07) is 6.16. The van der Waals surface area contributed by atoms with Crippen molar-refractivity contribution < 1.29 is 0 Å². The average Bonchev–Trinajstić information content (AvgIpc) is 2.83. The Bertz CT molecular complexity index is 822. The van der Waals surface area contributed by atoms with Crippen LogP contribution in [0.15, 0.2) is 41.8 Å². The summed E-state index contributed by atoms with van der Waals surface area (Å²) in [7, 11) is 0. The van der Waals surface area contributed by atoms with Gasteiger partial charge in [-0.1, -0.05) is 13.0 Å². The first-order valence-electron chi connectivity index (χ1n) is 11.5. The fourth-order valence-corrected chi connectivity index (χ4v) is 4.10. The zero-order valence-corrected chi connectivity index (χ0v) is 18.7. The van der Waals surface area contributed by atoms with E-state index in [4.69, 9.17) is 9.98 Å². The van der Waals surface area contributed by atoms with E-state index in [1.165, 1.54) is 12.8 Å². The number of hydrogen-bond acceptors (Lipinski definition) is 6. The van der Waals surface area contributed by atoms with Crippen LogP contribution in [0.2, 0.25) is 0 Å². The van der Waals surface area contributed by atoms with Crippen LogP contribution in [0, 0.1) is 5.92 Å². The van der Waals surface area contributed by atoms with E-state index < -0.39 is 0 Å². The van der Waals surface area contributed by atoms with Gasteiger partial charge in [-0.25, -0.2) is 19.9 Å². The van der Waals surface area contributed by atoms with E-state index in [-0.39, 0.29) is 0 Å². The van der Waals surface area contributed by atoms with Crippen molar-refractivity contribution in [2.24, 2.45) is 10.9 Å². The number of nitrogens with one attached hydrogen (secondary N) is 1. The zero-order chi connectivity index (χ0) is 21.5. The van der Waals surface area contributed by atoms with Gasteiger partial charge < -0.3 is 20.0 Å². The molecule has 0 amide bonds. The number of anilines is 2. The van der Waals surface area contributed by atoms with Crippen LogP contribution in [0.5, 0.6) is 0 Å². The van der Waals surface area contributed by atoms with Gasteiger partial charge in [0.05, 0.1) is 6.54 Å². The van der Waals surface area contributed by atoms with Crippen LogP contribution in [-0.4, -0.2) is 71.6 Å². The molecule has 2 fully saturated rings. The molecule has 0 spiro atoms. The molecule has 2 aromatic heterocycles. The molecule has 166 valence electrons. The fraction of sp³-hybridized carbons (Fsp3) is 0.565. The maximum absolute atomic E-state index is 4.89. The third-order valence-corrected chi connectivity index (χ3v) is 6.08. The van der Waals surface area contributed by atoms with Crippen molar-refractivity contribution in [3.63, 3.8) is 0 Å². The molecule has 2 saturated heterocycles. The Balaban J connectivity index is 1.33. The first-order valence-corrected chi connectivity index (χ1v) is 11.5. The lowest BCUT2D eigenvalue weighted by atomic mass is 9.99. The largest absolute Gasteiger partial charge is 0.357 e. The molecule has 2 aromatic rings. The quantitative estimate of drug-likeness (QED) is 0.586. The Hall–Kier alpha value is -2.90. The highest BCUT2D eigenvalue weighted by atomic mass is 15.4. The highest BCUT2D eigenvalue weighted by molar-refractivity contribution is 5.80. The van der Waals surface area contributed by atoms with Crippen LogP contribution in [0.1, 0.15) is 32.3 Å². The van der Waals surface area contributed by atoms with Gasteiger partial charge in [0.2, 0.25) is 5.95 Å². The smallest absolute Gasteiger partial charge is 0.225 e. The second-order valence-corrected chi connectivity index (χ2v) is 8.39. The van der Waals surface area contributed by atoms with Gasteiger partial charge in [0, 0.05) is 64.4 Å². The summed E-state index contributed by atoms with van der Waals surface area (Å²) in [6.07, 6.45) is 8.08. The van der Waals surface area contributed by atoms with E-state index in [0.717, 1.165) is 75.0 Å². The summed E-state index contributed by atoms with van der Waals surface area (Å²) in [6.45, 7) is 11.7. The Morgan fingerprint density at radius 2 is 1.74 bits per heavy atom. The maximum atomic E-state index is 4.89. The fourth-order valence-electron chi connectivity index (χ4n) is 4.10. The Morgan fingerprint density at radius 1 is 1.00 bits per heavy atom. The summed E-state index contributed by atoms with van der Waals surface area (Å²) in [5.41, 5.74) is 1.14. The molecule has 31 heavy (non-hydrogen) atoms. The lowest BCUT2D eigenvalue weighted by Crippen LogP contribution is -2.52. The van der Waals surface area contributed by atoms with Gasteiger partial charge in [0.15, 0.2) is 5.96 Å². The highest BCUT2D eigenvalue weighted by Crippen LogP contribution is 2.21. The van der Waals surface area contributed by atoms with Crippen molar-refractivity contribution in [2.75, 3.05) is 55.6 Å². The molecule has 0 unspecified atom stereocenters. The Morgan fingerprint density at radius 3 is 2.39 bits per heavy atom. The number of pyridine rings is 1. The molecule has 4 rings (SSSR count). The van der Waals surface area contributed by atoms with Crippen LogP contribution < -0.4 is 15.1 Å². The third kappa shape index (κ3) is 5.62. The van der Waals surface area contributed by atoms with Gasteiger partial charge in [0.25, 0.3) is 0 Å². The minimum absolute atomic E-state index is 0.634. The normalized spacial score (nSPS) is 18.4. The van der Waals surface area contributed by atoms with E-state index in [2.05, 4.69) is 56.0 Å². The molecule has 8 heteroatoms. The van der Waals surface area contributed by atoms with E-state index in [1.807, 2.05) is 12.3 Å². The van der Waals surface area contributed by atoms with E-state index >= 15 is 0 Å². The Labute approximate surface area is 185 Å². The van der Waals surface area contributed by atoms with Crippen LogP contribution in [0.4, 0.5) is 11.8 Å². The monoisotopic (exact) mass is 422 g/mol. The topological polar surface area (TPSA) is 72.8 Å². The number of aromatic nitrogens is 3. The summed E-state index contributed by atoms with van der Waals surface area (Å²) in [5, 5.41) is 3.44. The predicted molar refractivity (Wildman–Crippen MR) is 125 cm³/mol. The van der Waals surface area contributed by atoms with Gasteiger partial charge in [-0.05, 0) is 43.4 Å². The molecule has 8 nitrogen and oxygen atoms in total. The molecule has 0 aliphatic carbocycles. The summed E-state index contributed by atoms with van der Waals surface area (Å²) in [5.74, 6) is 3.69. The van der Waals surface area contributed by atoms with Crippen molar-refractivity contribution in [1.29, 1.82) is 0 Å². The molecule has 0 atom stereocenters. The summed E-state index contributed by atoms with van der Waals surface area (Å²) >= 11 is 0. The number of piperazine rings is 1. The van der Waals surface area contributed by atoms with Crippen molar-refractivity contribution in [3.8, 4) is 0 Å². The van der Waals surface area contributed by atoms with Crippen LogP contribution in [-0.2, 0) is 6.54 Å². The Kier molecular flexibility index (Phi) is 7.17. The maximum Gasteiger partial charge on any atom is 0.225 e. The van der Waals surface area contributed by atoms with Gasteiger partial charge in [-0.2, -0.15) is 0 Å². The number of aliphatic imine (C=N–C) groups is 1. The molecular weight excluding hydrogens is 388 g/mol. The minimum atomic E-state index is 0.634. The van der Waals surface area contributed by atoms with Gasteiger partial charge in [0.1, 0.15) is 5.82 Å². The third-order valence-electron chi connectivity index (χ3n) is 6.08. The number of rotatable bonds is 5. The van der Waals surface area contributed by atoms with Crippen molar-refractivity contribution >= 4 is 17.7 Å². The van der Waals surface area contributed by atoms with Crippen LogP contribution in [0.3, 0.4) is 0 Å². The standard InChI is InChI=1S/C23H34N8/c1-3-24-22(30-13-15-31(16-14-30)23-25-9-4-10-26-23)28-18-20-5-6-21(27-17-20)29-11-7-19(2)8-12-29/h4-6,9-10,17,19H,3,7-8,11-16,18H2,1-2H3,(H,24,28). The lowest BCUT2D eigenvalue weighted by Gasteiger charge is -2.36.